The quantitative estimate of drug-likeness (QED) is 0.0241. The highest BCUT2D eigenvalue weighted by atomic mass is 16.2. The number of carbonyl (C=O) groups excluding carboxylic acids is 4. The number of carbonyl (C=O) groups is 4. The summed E-state index contributed by atoms with van der Waals surface area (Å²) in [6.07, 6.45) is 4.83. The Balaban J connectivity index is 0.000000129. The first-order chi connectivity index (χ1) is 57.7. The van der Waals surface area contributed by atoms with Crippen molar-refractivity contribution in [1.29, 1.82) is 0 Å². The second-order valence-electron chi connectivity index (χ2n) is 28.3. The number of H-pyrrole nitrogens is 4. The van der Waals surface area contributed by atoms with Crippen LogP contribution in [0.25, 0.3) is 89.2 Å². The van der Waals surface area contributed by atoms with Crippen molar-refractivity contribution in [3.05, 3.63) is 265 Å². The van der Waals surface area contributed by atoms with E-state index in [-0.39, 0.29) is 23.6 Å². The molecule has 0 atom stereocenters. The first-order valence-corrected chi connectivity index (χ1v) is 39.5. The lowest BCUT2D eigenvalue weighted by atomic mass is 10.2. The average molecular weight is 1570 g/mol. The van der Waals surface area contributed by atoms with Gasteiger partial charge in [0.2, 0.25) is 0 Å². The fourth-order valence-electron chi connectivity index (χ4n) is 12.8. The highest BCUT2D eigenvalue weighted by molar-refractivity contribution is 5.99. The average Bonchev–Trinajstić information content (AvgIpc) is 1.08. The Hall–Kier alpha value is -15.0. The number of rotatable bonds is 26. The van der Waals surface area contributed by atoms with Crippen LogP contribution < -0.4 is 31.9 Å². The molecule has 0 spiro atoms. The van der Waals surface area contributed by atoms with E-state index in [1.165, 1.54) is 0 Å². The number of benzene rings is 8. The molecule has 1 aliphatic carbocycles. The van der Waals surface area contributed by atoms with E-state index < -0.39 is 0 Å². The molecule has 16 aromatic rings. The van der Waals surface area contributed by atoms with Gasteiger partial charge in [-0.3, -0.25) is 39.6 Å². The summed E-state index contributed by atoms with van der Waals surface area (Å²) in [5, 5.41) is 50.6. The molecule has 0 radical (unpaired) electrons. The summed E-state index contributed by atoms with van der Waals surface area (Å²) in [4.78, 5) is 91.2. The van der Waals surface area contributed by atoms with E-state index in [4.69, 9.17) is 29.9 Å². The Morgan fingerprint density at radius 2 is 0.636 bits per heavy atom. The third-order valence-corrected chi connectivity index (χ3v) is 18.8. The van der Waals surface area contributed by atoms with Crippen molar-refractivity contribution in [3.63, 3.8) is 0 Å². The zero-order chi connectivity index (χ0) is 81.7. The van der Waals surface area contributed by atoms with Gasteiger partial charge in [-0.1, -0.05) is 204 Å². The first kappa shape index (κ1) is 79.7. The molecule has 0 bridgehead atoms. The minimum Gasteiger partial charge on any atom is -0.350 e. The predicted octanol–water partition coefficient (Wildman–Crippen LogP) is 17.5. The molecular weight excluding hydrogens is 1480 g/mol. The minimum atomic E-state index is -0.184. The van der Waals surface area contributed by atoms with Crippen LogP contribution in [0.2, 0.25) is 0 Å². The maximum Gasteiger partial charge on any atom is 0.271 e. The van der Waals surface area contributed by atoms with Gasteiger partial charge in [0.15, 0.2) is 46.6 Å². The summed E-state index contributed by atoms with van der Waals surface area (Å²) in [5.74, 6) is 7.16. The maximum absolute atomic E-state index is 12.8. The number of aromatic nitrogens is 16. The molecule has 8 heterocycles. The van der Waals surface area contributed by atoms with Gasteiger partial charge in [-0.05, 0) is 93.5 Å². The molecule has 17 rings (SSSR count). The summed E-state index contributed by atoms with van der Waals surface area (Å²) in [7, 11) is 0. The molecular formula is C90H90N24O4. The summed E-state index contributed by atoms with van der Waals surface area (Å²) in [6, 6.07) is 77.7. The van der Waals surface area contributed by atoms with Crippen LogP contribution in [0.3, 0.4) is 0 Å². The van der Waals surface area contributed by atoms with Crippen LogP contribution in [-0.4, -0.2) is 153 Å². The van der Waals surface area contributed by atoms with Gasteiger partial charge in [-0.2, -0.15) is 20.4 Å². The standard InChI is InChI=1S/C24H26N6O.C23H24N6O.C22H22N6O.C21H18N6O/c1-3-14-30(15-4-2)24(31)20-16-21(29-28-20)26-23-18-12-8-9-13-19(18)25-22(27-23)17-10-6-5-7-11-17;1-3-14-29(4-2)23(30)19-15-20(28-27-19)25-22-17-12-8-9-13-18(17)24-21(26-22)16-10-6-5-7-11-16;1-14(2)13-23-22(29)18-12-19(28-27-18)25-21-16-10-6-7-11-17(16)24-20(26-21)15-8-4-3-5-9-15;28-21(22-14-10-11-14)17-12-18(27-26-17)24-20-15-8-4-5-9-16(15)23-19(25-20)13-6-2-1-3-7-13/h5-13,16H,3-4,14-15H2,1-2H3,(H2,25,26,27,28,29);5-13,15H,3-4,14H2,1-2H3,(H2,24,25,26,27,28);3-12,14H,13H2,1-2H3,(H,23,29)(H2,24,25,26,27,28);1-9,12,14H,10-11H2,(H,22,28)(H2,23,24,25,26,27). The van der Waals surface area contributed by atoms with E-state index >= 15 is 0 Å². The predicted molar refractivity (Wildman–Crippen MR) is 463 cm³/mol. The summed E-state index contributed by atoms with van der Waals surface area (Å²) in [6.45, 7) is 15.7. The number of para-hydroxylation sites is 4. The highest BCUT2D eigenvalue weighted by Crippen LogP contribution is 2.33. The highest BCUT2D eigenvalue weighted by Gasteiger charge is 2.26. The molecule has 0 unspecified atom stereocenters. The topological polar surface area (TPSA) is 365 Å². The molecule has 28 nitrogen and oxygen atoms in total. The Kier molecular flexibility index (Phi) is 25.8. The largest absolute Gasteiger partial charge is 0.350 e. The molecule has 4 amide bonds. The number of hydrogen-bond acceptors (Lipinski definition) is 20. The normalized spacial score (nSPS) is 11.5. The second-order valence-corrected chi connectivity index (χ2v) is 28.3. The van der Waals surface area contributed by atoms with E-state index in [9.17, 15) is 19.2 Å². The first-order valence-electron chi connectivity index (χ1n) is 39.5. The van der Waals surface area contributed by atoms with E-state index in [2.05, 4.69) is 103 Å². The van der Waals surface area contributed by atoms with E-state index in [1.54, 1.807) is 29.2 Å². The molecule has 8 aromatic carbocycles. The van der Waals surface area contributed by atoms with Crippen molar-refractivity contribution in [1.82, 2.24) is 101 Å². The monoisotopic (exact) mass is 1570 g/mol. The number of fused-ring (bicyclic) bond motifs is 4. The van der Waals surface area contributed by atoms with Crippen LogP contribution >= 0.6 is 0 Å². The zero-order valence-electron chi connectivity index (χ0n) is 66.2. The Bertz CT molecular complexity index is 6090. The second kappa shape index (κ2) is 38.2. The van der Waals surface area contributed by atoms with Gasteiger partial charge in [0.25, 0.3) is 23.6 Å². The molecule has 118 heavy (non-hydrogen) atoms. The van der Waals surface area contributed by atoms with Crippen LogP contribution in [0.4, 0.5) is 46.5 Å². The number of amides is 4. The van der Waals surface area contributed by atoms with Gasteiger partial charge in [-0.25, -0.2) is 39.9 Å². The van der Waals surface area contributed by atoms with Gasteiger partial charge < -0.3 is 41.7 Å². The molecule has 28 heteroatoms. The lowest BCUT2D eigenvalue weighted by Gasteiger charge is -2.20. The van der Waals surface area contributed by atoms with Gasteiger partial charge in [0.1, 0.15) is 46.0 Å². The number of aromatic amines is 4. The van der Waals surface area contributed by atoms with Crippen molar-refractivity contribution in [2.24, 2.45) is 5.92 Å². The smallest absolute Gasteiger partial charge is 0.271 e. The van der Waals surface area contributed by atoms with E-state index in [0.29, 0.717) is 124 Å². The minimum absolute atomic E-state index is 0.0400. The van der Waals surface area contributed by atoms with Crippen molar-refractivity contribution in [2.45, 2.75) is 79.7 Å². The van der Waals surface area contributed by atoms with E-state index in [1.807, 2.05) is 244 Å². The molecule has 8 aromatic heterocycles. The Labute approximate surface area is 681 Å². The van der Waals surface area contributed by atoms with Crippen LogP contribution in [0.15, 0.2) is 243 Å². The SMILES string of the molecule is CC(C)CNC(=O)c1cc(Nc2nc(-c3ccccc3)nc3ccccc23)n[nH]1.CCCN(CC)C(=O)c1cc(Nc2nc(-c3ccccc3)nc3ccccc23)n[nH]1.CCCN(CCC)C(=O)c1cc(Nc2nc(-c3ccccc3)nc3ccccc23)n[nH]1.O=C(NC1CC1)c1cc(Nc2nc(-c3ccccc3)nc3ccccc23)n[nH]1. The molecule has 1 aliphatic rings. The van der Waals surface area contributed by atoms with Crippen molar-refractivity contribution >= 4 is 114 Å². The lowest BCUT2D eigenvalue weighted by molar-refractivity contribution is 0.0745. The maximum atomic E-state index is 12.8. The number of nitrogens with zero attached hydrogens (tertiary/aromatic N) is 14. The number of hydrogen-bond donors (Lipinski definition) is 10. The number of anilines is 8. The van der Waals surface area contributed by atoms with Crippen LogP contribution in [0.1, 0.15) is 116 Å². The van der Waals surface area contributed by atoms with E-state index in [0.717, 1.165) is 111 Å². The fraction of sp³-hybridized carbons (Fsp3) is 0.200. The third-order valence-electron chi connectivity index (χ3n) is 18.8. The number of nitrogens with one attached hydrogen (secondary N) is 10. The third kappa shape index (κ3) is 20.1. The fourth-order valence-corrected chi connectivity index (χ4v) is 12.8. The molecule has 0 saturated heterocycles. The Morgan fingerprint density at radius 3 is 0.941 bits per heavy atom. The lowest BCUT2D eigenvalue weighted by Crippen LogP contribution is -2.32. The summed E-state index contributed by atoms with van der Waals surface area (Å²) in [5.41, 5.74) is 8.80. The molecule has 10 N–H and O–H groups in total. The van der Waals surface area contributed by atoms with Crippen molar-refractivity contribution < 1.29 is 19.2 Å². The van der Waals surface area contributed by atoms with Gasteiger partial charge in [0.05, 0.1) is 22.1 Å². The Morgan fingerprint density at radius 1 is 0.356 bits per heavy atom. The zero-order valence-corrected chi connectivity index (χ0v) is 66.2. The van der Waals surface area contributed by atoms with Crippen LogP contribution in [-0.2, 0) is 0 Å². The molecule has 0 aliphatic heterocycles. The van der Waals surface area contributed by atoms with Crippen molar-refractivity contribution in [3.8, 4) is 45.6 Å². The summed E-state index contributed by atoms with van der Waals surface area (Å²) < 4.78 is 0. The molecule has 594 valence electrons. The molecule has 1 saturated carbocycles. The van der Waals surface area contributed by atoms with Crippen molar-refractivity contribution in [2.75, 3.05) is 54.0 Å². The van der Waals surface area contributed by atoms with Crippen LogP contribution in [0.5, 0.6) is 0 Å². The van der Waals surface area contributed by atoms with Gasteiger partial charge in [0, 0.05) is 107 Å². The molecule has 1 fully saturated rings. The van der Waals surface area contributed by atoms with Gasteiger partial charge >= 0.3 is 0 Å². The van der Waals surface area contributed by atoms with Gasteiger partial charge in [-0.15, -0.1) is 0 Å². The summed E-state index contributed by atoms with van der Waals surface area (Å²) >= 11 is 0. The van der Waals surface area contributed by atoms with Crippen LogP contribution in [0, 0.1) is 5.92 Å².